The van der Waals surface area contributed by atoms with Crippen molar-refractivity contribution in [3.05, 3.63) is 60.3 Å². The first-order valence-electron chi connectivity index (χ1n) is 9.35. The molecule has 3 aromatic rings. The van der Waals surface area contributed by atoms with E-state index in [1.807, 2.05) is 37.3 Å². The van der Waals surface area contributed by atoms with Crippen LogP contribution in [0.3, 0.4) is 0 Å². The van der Waals surface area contributed by atoms with Gasteiger partial charge < -0.3 is 4.90 Å². The Bertz CT molecular complexity index is 1140. The van der Waals surface area contributed by atoms with Crippen LogP contribution in [-0.2, 0) is 10.0 Å². The summed E-state index contributed by atoms with van der Waals surface area (Å²) in [5.41, 5.74) is 2.65. The van der Waals surface area contributed by atoms with Crippen molar-refractivity contribution in [2.24, 2.45) is 0 Å². The number of halogens is 1. The summed E-state index contributed by atoms with van der Waals surface area (Å²) < 4.78 is 28.0. The molecule has 5 nitrogen and oxygen atoms in total. The van der Waals surface area contributed by atoms with Crippen LogP contribution in [0.15, 0.2) is 59.6 Å². The first-order valence-corrected chi connectivity index (χ1v) is 10.8. The largest absolute Gasteiger partial charge is 0.365 e. The molecule has 0 saturated carbocycles. The zero-order valence-corrected chi connectivity index (χ0v) is 17.6. The second-order valence-electron chi connectivity index (χ2n) is 7.73. The third-order valence-electron chi connectivity index (χ3n) is 6.13. The summed E-state index contributed by atoms with van der Waals surface area (Å²) in [5, 5.41) is 1.00. The number of benzene rings is 2. The van der Waals surface area contributed by atoms with Crippen molar-refractivity contribution in [2.75, 3.05) is 25.0 Å². The number of likely N-dealkylation sites (tertiary alicyclic amines) is 1. The quantitative estimate of drug-likeness (QED) is 0.654. The number of nitrogens with zero attached hydrogens (tertiary/aromatic N) is 3. The first kappa shape index (κ1) is 19.3. The molecule has 0 spiro atoms. The maximum atomic E-state index is 13.3. The van der Waals surface area contributed by atoms with E-state index in [-0.39, 0.29) is 12.4 Å². The van der Waals surface area contributed by atoms with E-state index >= 15 is 0 Å². The topological polar surface area (TPSA) is 45.6 Å². The summed E-state index contributed by atoms with van der Waals surface area (Å²) in [7, 11) is -1.43. The SMILES string of the molecule is Cc1ccccc1S(=O)(=O)n1ccc2c(N3CC4CC3CN4C)cccc21.Cl. The van der Waals surface area contributed by atoms with Crippen molar-refractivity contribution in [1.29, 1.82) is 0 Å². The van der Waals surface area contributed by atoms with Crippen LogP contribution in [0.5, 0.6) is 0 Å². The number of likely N-dealkylation sites (N-methyl/N-ethyl adjacent to an activating group) is 1. The van der Waals surface area contributed by atoms with Crippen LogP contribution in [0.1, 0.15) is 12.0 Å². The van der Waals surface area contributed by atoms with Crippen LogP contribution >= 0.6 is 12.4 Å². The molecule has 2 bridgehead atoms. The van der Waals surface area contributed by atoms with E-state index in [4.69, 9.17) is 0 Å². The van der Waals surface area contributed by atoms with Gasteiger partial charge in [0, 0.05) is 42.4 Å². The summed E-state index contributed by atoms with van der Waals surface area (Å²) in [5.74, 6) is 0. The van der Waals surface area contributed by atoms with Crippen molar-refractivity contribution in [3.63, 3.8) is 0 Å². The number of aromatic nitrogens is 1. The van der Waals surface area contributed by atoms with E-state index in [1.165, 1.54) is 10.4 Å². The van der Waals surface area contributed by atoms with Crippen molar-refractivity contribution in [3.8, 4) is 0 Å². The van der Waals surface area contributed by atoms with Crippen molar-refractivity contribution in [1.82, 2.24) is 8.87 Å². The predicted molar refractivity (Wildman–Crippen MR) is 115 cm³/mol. The Hall–Kier alpha value is -2.02. The molecule has 2 atom stereocenters. The molecule has 2 aliphatic rings. The smallest absolute Gasteiger partial charge is 0.268 e. The molecule has 2 saturated heterocycles. The van der Waals surface area contributed by atoms with Gasteiger partial charge in [-0.05, 0) is 50.2 Å². The molecule has 5 rings (SSSR count). The zero-order valence-electron chi connectivity index (χ0n) is 15.9. The van der Waals surface area contributed by atoms with Gasteiger partial charge in [-0.15, -0.1) is 12.4 Å². The van der Waals surface area contributed by atoms with Crippen LogP contribution in [0, 0.1) is 6.92 Å². The maximum Gasteiger partial charge on any atom is 0.268 e. The second-order valence-corrected chi connectivity index (χ2v) is 9.51. The Morgan fingerprint density at radius 3 is 2.43 bits per heavy atom. The van der Waals surface area contributed by atoms with Gasteiger partial charge in [0.2, 0.25) is 0 Å². The Balaban J connectivity index is 0.00000192. The molecule has 1 aromatic heterocycles. The molecule has 7 heteroatoms. The normalized spacial score (nSPS) is 22.0. The zero-order chi connectivity index (χ0) is 18.8. The van der Waals surface area contributed by atoms with Crippen LogP contribution in [0.4, 0.5) is 5.69 Å². The van der Waals surface area contributed by atoms with Gasteiger partial charge in [-0.3, -0.25) is 4.90 Å². The molecule has 0 N–H and O–H groups in total. The van der Waals surface area contributed by atoms with Gasteiger partial charge in [-0.25, -0.2) is 12.4 Å². The van der Waals surface area contributed by atoms with E-state index < -0.39 is 10.0 Å². The highest BCUT2D eigenvalue weighted by Gasteiger charge is 2.42. The lowest BCUT2D eigenvalue weighted by Gasteiger charge is -2.34. The summed E-state index contributed by atoms with van der Waals surface area (Å²) >= 11 is 0. The third-order valence-corrected chi connectivity index (χ3v) is 7.98. The minimum absolute atomic E-state index is 0. The molecule has 0 radical (unpaired) electrons. The average molecular weight is 418 g/mol. The van der Waals surface area contributed by atoms with E-state index in [2.05, 4.69) is 22.9 Å². The summed E-state index contributed by atoms with van der Waals surface area (Å²) in [6.07, 6.45) is 2.88. The third kappa shape index (κ3) is 2.74. The molecular formula is C21H24ClN3O2S. The van der Waals surface area contributed by atoms with E-state index in [1.54, 1.807) is 18.3 Å². The number of anilines is 1. The van der Waals surface area contributed by atoms with Crippen molar-refractivity contribution in [2.45, 2.75) is 30.3 Å². The van der Waals surface area contributed by atoms with Crippen LogP contribution < -0.4 is 4.90 Å². The van der Waals surface area contributed by atoms with Gasteiger partial charge in [0.1, 0.15) is 0 Å². The Labute approximate surface area is 172 Å². The predicted octanol–water partition coefficient (Wildman–Crippen LogP) is 3.50. The fourth-order valence-electron chi connectivity index (χ4n) is 4.70. The highest BCUT2D eigenvalue weighted by Crippen LogP contribution is 2.38. The van der Waals surface area contributed by atoms with E-state index in [9.17, 15) is 8.42 Å². The highest BCUT2D eigenvalue weighted by atomic mass is 35.5. The fourth-order valence-corrected chi connectivity index (χ4v) is 6.28. The first-order chi connectivity index (χ1) is 13.0. The van der Waals surface area contributed by atoms with Crippen LogP contribution in [0.2, 0.25) is 0 Å². The molecule has 0 amide bonds. The molecule has 28 heavy (non-hydrogen) atoms. The minimum Gasteiger partial charge on any atom is -0.365 e. The number of aryl methyl sites for hydroxylation is 1. The summed E-state index contributed by atoms with van der Waals surface area (Å²) in [6, 6.07) is 16.2. The average Bonchev–Trinajstić information content (AvgIpc) is 3.34. The van der Waals surface area contributed by atoms with Gasteiger partial charge in [0.05, 0.1) is 10.4 Å². The molecule has 0 aliphatic carbocycles. The molecule has 3 heterocycles. The summed E-state index contributed by atoms with van der Waals surface area (Å²) in [4.78, 5) is 5.24. The number of rotatable bonds is 3. The van der Waals surface area contributed by atoms with Gasteiger partial charge in [0.25, 0.3) is 10.0 Å². The van der Waals surface area contributed by atoms with Gasteiger partial charge >= 0.3 is 0 Å². The maximum absolute atomic E-state index is 13.3. The van der Waals surface area contributed by atoms with Gasteiger partial charge in [-0.2, -0.15) is 0 Å². The fraction of sp³-hybridized carbons (Fsp3) is 0.333. The molecule has 2 fully saturated rings. The lowest BCUT2D eigenvalue weighted by atomic mass is 10.1. The lowest BCUT2D eigenvalue weighted by Crippen LogP contribution is -2.44. The molecule has 2 aromatic carbocycles. The monoisotopic (exact) mass is 417 g/mol. The van der Waals surface area contributed by atoms with Crippen molar-refractivity contribution >= 4 is 39.0 Å². The number of piperazine rings is 1. The second kappa shape index (κ2) is 6.79. The number of hydrogen-bond donors (Lipinski definition) is 0. The van der Waals surface area contributed by atoms with Crippen LogP contribution in [-0.4, -0.2) is 49.5 Å². The van der Waals surface area contributed by atoms with Crippen molar-refractivity contribution < 1.29 is 8.42 Å². The van der Waals surface area contributed by atoms with Gasteiger partial charge in [-0.1, -0.05) is 24.3 Å². The minimum atomic E-state index is -3.62. The van der Waals surface area contributed by atoms with Crippen LogP contribution in [0.25, 0.3) is 10.9 Å². The van der Waals surface area contributed by atoms with E-state index in [0.717, 1.165) is 35.2 Å². The lowest BCUT2D eigenvalue weighted by molar-refractivity contribution is 0.293. The summed E-state index contributed by atoms with van der Waals surface area (Å²) in [6.45, 7) is 3.92. The van der Waals surface area contributed by atoms with Gasteiger partial charge in [0.15, 0.2) is 0 Å². The molecular weight excluding hydrogens is 394 g/mol. The van der Waals surface area contributed by atoms with E-state index in [0.29, 0.717) is 17.0 Å². The molecule has 148 valence electrons. The Kier molecular flexibility index (Phi) is 4.68. The molecule has 2 aliphatic heterocycles. The Morgan fingerprint density at radius 1 is 0.964 bits per heavy atom. The Morgan fingerprint density at radius 2 is 1.75 bits per heavy atom. The number of fused-ring (bicyclic) bond motifs is 3. The number of hydrogen-bond acceptors (Lipinski definition) is 4. The highest BCUT2D eigenvalue weighted by molar-refractivity contribution is 7.90. The standard InChI is InChI=1S/C21H23N3O2S.ClH/c1-15-6-3-4-9-21(15)27(25,26)24-11-10-18-19(7-5-8-20(18)24)23-14-16-12-17(23)13-22(16)2;/h3-11,16-17H,12-14H2,1-2H3;1H. The molecule has 2 unspecified atom stereocenters.